The molecule has 0 spiro atoms. The predicted octanol–water partition coefficient (Wildman–Crippen LogP) is 3.65. The minimum atomic E-state index is -0.929. The molecule has 0 aromatic heterocycles. The highest BCUT2D eigenvalue weighted by molar-refractivity contribution is 7.99. The molecule has 1 aromatic rings. The van der Waals surface area contributed by atoms with E-state index in [1.165, 1.54) is 6.92 Å². The van der Waals surface area contributed by atoms with Crippen molar-refractivity contribution in [2.75, 3.05) is 18.6 Å². The van der Waals surface area contributed by atoms with E-state index in [9.17, 15) is 24.6 Å². The summed E-state index contributed by atoms with van der Waals surface area (Å²) in [5.74, 6) is -0.136. The van der Waals surface area contributed by atoms with Crippen LogP contribution in [0, 0.1) is 11.8 Å². The molecule has 38 heavy (non-hydrogen) atoms. The molecule has 0 amide bonds. The molecule has 0 heterocycles. The molecule has 2 rings (SSSR count). The molecule has 2 N–H and O–H groups in total. The molecule has 9 heteroatoms. The molecule has 5 atom stereocenters. The molecule has 1 saturated carbocycles. The number of ether oxygens (including phenoxy) is 3. The van der Waals surface area contributed by atoms with Crippen LogP contribution in [0.25, 0.3) is 0 Å². The van der Waals surface area contributed by atoms with E-state index >= 15 is 0 Å². The van der Waals surface area contributed by atoms with Crippen molar-refractivity contribution in [3.8, 4) is 0 Å². The van der Waals surface area contributed by atoms with Crippen molar-refractivity contribution < 1.29 is 38.8 Å². The predicted molar refractivity (Wildman–Crippen MR) is 147 cm³/mol. The van der Waals surface area contributed by atoms with Crippen LogP contribution in [0.2, 0.25) is 0 Å². The van der Waals surface area contributed by atoms with Crippen molar-refractivity contribution in [1.82, 2.24) is 0 Å². The lowest BCUT2D eigenvalue weighted by atomic mass is 9.91. The summed E-state index contributed by atoms with van der Waals surface area (Å²) in [4.78, 5) is 36.2. The van der Waals surface area contributed by atoms with Gasteiger partial charge in [-0.2, -0.15) is 11.8 Å². The lowest BCUT2D eigenvalue weighted by Gasteiger charge is -2.18. The van der Waals surface area contributed by atoms with Gasteiger partial charge < -0.3 is 24.4 Å². The first kappa shape index (κ1) is 32.0. The van der Waals surface area contributed by atoms with Gasteiger partial charge in [-0.25, -0.2) is 4.79 Å². The first-order valence-corrected chi connectivity index (χ1v) is 14.4. The van der Waals surface area contributed by atoms with E-state index in [2.05, 4.69) is 0 Å². The third-order valence-corrected chi connectivity index (χ3v) is 7.37. The number of thioether (sulfide) groups is 1. The molecule has 0 radical (unpaired) electrons. The number of hydrogen-bond donors (Lipinski definition) is 2. The topological polar surface area (TPSA) is 119 Å². The fourth-order valence-electron chi connectivity index (χ4n) is 4.43. The van der Waals surface area contributed by atoms with E-state index < -0.39 is 30.3 Å². The van der Waals surface area contributed by atoms with Gasteiger partial charge in [0.1, 0.15) is 5.78 Å². The number of ketones is 1. The van der Waals surface area contributed by atoms with Gasteiger partial charge in [0.05, 0.1) is 24.9 Å². The Bertz CT molecular complexity index is 931. The molecule has 0 aliphatic heterocycles. The number of aliphatic hydroxyl groups is 2. The van der Waals surface area contributed by atoms with E-state index in [1.54, 1.807) is 44.9 Å². The van der Waals surface area contributed by atoms with Crippen molar-refractivity contribution in [3.63, 3.8) is 0 Å². The third-order valence-electron chi connectivity index (χ3n) is 6.27. The van der Waals surface area contributed by atoms with Crippen molar-refractivity contribution in [2.45, 2.75) is 83.9 Å². The third kappa shape index (κ3) is 11.3. The Hall–Kier alpha value is -2.20. The van der Waals surface area contributed by atoms with Crippen LogP contribution >= 0.6 is 11.8 Å². The number of methoxy groups -OCH3 is 1. The standard InChI is InChI=1S/C29H42O8S/c1-19(2)36-29(34)20(3)37-28(33)9-6-13-38-14-12-25-24(26(31)17-27(25)32)11-10-23(30)16-21-7-5-8-22(15-21)18-35-4/h5,7-8,10-11,15,19-20,23-26,30-31H,6,9,12-14,16-18H2,1-4H3/b11-10+/t20?,23-,24-,25-,26-/m1/s1. The number of rotatable bonds is 16. The molecule has 1 aromatic carbocycles. The molecule has 1 unspecified atom stereocenters. The summed E-state index contributed by atoms with van der Waals surface area (Å²) in [7, 11) is 1.64. The normalized spacial score (nSPS) is 21.1. The minimum absolute atomic E-state index is 0.0420. The molecule has 1 aliphatic carbocycles. The average molecular weight is 551 g/mol. The van der Waals surface area contributed by atoms with Gasteiger partial charge in [-0.05, 0) is 56.2 Å². The Labute approximate surface area is 230 Å². The summed E-state index contributed by atoms with van der Waals surface area (Å²) >= 11 is 1.64. The average Bonchev–Trinajstić information content (AvgIpc) is 3.11. The van der Waals surface area contributed by atoms with Crippen LogP contribution in [0.5, 0.6) is 0 Å². The zero-order valence-electron chi connectivity index (χ0n) is 22.8. The van der Waals surface area contributed by atoms with Crippen LogP contribution in [-0.4, -0.2) is 71.0 Å². The Balaban J connectivity index is 1.73. The van der Waals surface area contributed by atoms with Crippen LogP contribution in [0.3, 0.4) is 0 Å². The van der Waals surface area contributed by atoms with Gasteiger partial charge in [-0.1, -0.05) is 36.4 Å². The smallest absolute Gasteiger partial charge is 0.347 e. The fourth-order valence-corrected chi connectivity index (χ4v) is 5.41. The van der Waals surface area contributed by atoms with Gasteiger partial charge in [0, 0.05) is 38.2 Å². The zero-order valence-corrected chi connectivity index (χ0v) is 23.7. The van der Waals surface area contributed by atoms with Gasteiger partial charge in [0.2, 0.25) is 0 Å². The number of benzene rings is 1. The Morgan fingerprint density at radius 2 is 1.89 bits per heavy atom. The monoisotopic (exact) mass is 550 g/mol. The van der Waals surface area contributed by atoms with Crippen molar-refractivity contribution >= 4 is 29.5 Å². The molecule has 1 aliphatic rings. The second-order valence-corrected chi connectivity index (χ2v) is 11.2. The van der Waals surface area contributed by atoms with E-state index in [1.807, 2.05) is 24.3 Å². The quantitative estimate of drug-likeness (QED) is 0.181. The molecule has 1 fully saturated rings. The summed E-state index contributed by atoms with van der Waals surface area (Å²) in [6.45, 7) is 5.47. The molecular formula is C29H42O8S. The van der Waals surface area contributed by atoms with E-state index in [-0.39, 0.29) is 36.6 Å². The highest BCUT2D eigenvalue weighted by atomic mass is 32.2. The highest BCUT2D eigenvalue weighted by Crippen LogP contribution is 2.34. The largest absolute Gasteiger partial charge is 0.460 e. The summed E-state index contributed by atoms with van der Waals surface area (Å²) in [5.41, 5.74) is 2.02. The molecule has 0 saturated heterocycles. The fraction of sp³-hybridized carbons (Fsp3) is 0.621. The maximum atomic E-state index is 12.5. The van der Waals surface area contributed by atoms with Crippen LogP contribution in [-0.2, 0) is 41.6 Å². The number of carbonyl (C=O) groups is 3. The second-order valence-electron chi connectivity index (χ2n) is 9.95. The molecule has 8 nitrogen and oxygen atoms in total. The number of esters is 2. The van der Waals surface area contributed by atoms with Gasteiger partial charge in [0.15, 0.2) is 6.10 Å². The van der Waals surface area contributed by atoms with Crippen LogP contribution in [0.15, 0.2) is 36.4 Å². The lowest BCUT2D eigenvalue weighted by molar-refractivity contribution is -0.169. The minimum Gasteiger partial charge on any atom is -0.460 e. The number of hydrogen-bond acceptors (Lipinski definition) is 9. The first-order valence-electron chi connectivity index (χ1n) is 13.2. The van der Waals surface area contributed by atoms with Gasteiger partial charge in [0.25, 0.3) is 0 Å². The molecular weight excluding hydrogens is 508 g/mol. The van der Waals surface area contributed by atoms with Gasteiger partial charge in [-0.15, -0.1) is 0 Å². The Kier molecular flexibility index (Phi) is 14.1. The van der Waals surface area contributed by atoms with Crippen LogP contribution in [0.4, 0.5) is 0 Å². The summed E-state index contributed by atoms with van der Waals surface area (Å²) in [6.07, 6.45) is 2.78. The number of Topliss-reactive ketones (excluding diaryl/α,β-unsaturated/α-hetero) is 1. The second kappa shape index (κ2) is 16.7. The summed E-state index contributed by atoms with van der Waals surface area (Å²) in [6, 6.07) is 7.85. The van der Waals surface area contributed by atoms with Gasteiger partial charge in [-0.3, -0.25) is 9.59 Å². The van der Waals surface area contributed by atoms with Crippen LogP contribution < -0.4 is 0 Å². The van der Waals surface area contributed by atoms with E-state index in [4.69, 9.17) is 14.2 Å². The van der Waals surface area contributed by atoms with Crippen molar-refractivity contribution in [1.29, 1.82) is 0 Å². The highest BCUT2D eigenvalue weighted by Gasteiger charge is 2.39. The maximum absolute atomic E-state index is 12.5. The first-order chi connectivity index (χ1) is 18.1. The zero-order chi connectivity index (χ0) is 28.1. The Morgan fingerprint density at radius 3 is 2.61 bits per heavy atom. The Morgan fingerprint density at radius 1 is 1.16 bits per heavy atom. The lowest BCUT2D eigenvalue weighted by Crippen LogP contribution is -2.28. The summed E-state index contributed by atoms with van der Waals surface area (Å²) in [5, 5.41) is 20.9. The van der Waals surface area contributed by atoms with E-state index in [0.29, 0.717) is 37.4 Å². The SMILES string of the molecule is COCc1cccc(C[C@H](O)/C=C/[C@H]2[C@H](O)CC(=O)[C@@H]2CCSCCCC(=O)OC(C)C(=O)OC(C)C)c1. The van der Waals surface area contributed by atoms with Gasteiger partial charge >= 0.3 is 11.9 Å². The van der Waals surface area contributed by atoms with Crippen LogP contribution in [0.1, 0.15) is 57.6 Å². The molecule has 212 valence electrons. The number of carbonyl (C=O) groups excluding carboxylic acids is 3. The van der Waals surface area contributed by atoms with Crippen molar-refractivity contribution in [2.24, 2.45) is 11.8 Å². The summed E-state index contributed by atoms with van der Waals surface area (Å²) < 4.78 is 15.3. The van der Waals surface area contributed by atoms with Crippen molar-refractivity contribution in [3.05, 3.63) is 47.5 Å². The van der Waals surface area contributed by atoms with E-state index in [0.717, 1.165) is 11.1 Å². The number of aliphatic hydroxyl groups excluding tert-OH is 2. The maximum Gasteiger partial charge on any atom is 0.347 e. The molecule has 0 bridgehead atoms.